The molecule has 1 aromatic rings. The number of aryl methyl sites for hydroxylation is 1. The normalized spacial score (nSPS) is 9.30. The second kappa shape index (κ2) is 2.47. The molecule has 1 heterocycles. The van der Waals surface area contributed by atoms with Crippen molar-refractivity contribution in [1.29, 1.82) is 0 Å². The van der Waals surface area contributed by atoms with Crippen molar-refractivity contribution >= 4 is 5.97 Å². The van der Waals surface area contributed by atoms with Gasteiger partial charge in [-0.15, -0.1) is 0 Å². The number of hydrogen-bond acceptors (Lipinski definition) is 2. The Morgan fingerprint density at radius 1 is 1.80 bits per heavy atom. The predicted molar refractivity (Wildman–Crippen MR) is 34.8 cm³/mol. The van der Waals surface area contributed by atoms with Gasteiger partial charge in [0.2, 0.25) is 0 Å². The number of pyridine rings is 1. The molecule has 0 aliphatic heterocycles. The largest absolute Gasteiger partial charge is 0.478 e. The number of carboxylic acids is 1. The molecule has 1 N–H and O–H groups in total. The summed E-state index contributed by atoms with van der Waals surface area (Å²) in [5.74, 6) is -0.954. The third-order valence-electron chi connectivity index (χ3n) is 1.06. The van der Waals surface area contributed by atoms with Crippen molar-refractivity contribution < 1.29 is 9.90 Å². The predicted octanol–water partition coefficient (Wildman–Crippen LogP) is 0.888. The Morgan fingerprint density at radius 3 is 2.90 bits per heavy atom. The SMILES string of the molecule is Cc1[c]ncc(C(=O)O)c1. The number of aromatic nitrogens is 1. The van der Waals surface area contributed by atoms with Crippen molar-refractivity contribution in [3.63, 3.8) is 0 Å². The lowest BCUT2D eigenvalue weighted by Gasteiger charge is -1.92. The second-order valence-corrected chi connectivity index (χ2v) is 1.96. The molecule has 0 aromatic carbocycles. The Balaban J connectivity index is 3.07. The monoisotopic (exact) mass is 136 g/mol. The standard InChI is InChI=1S/C7H6NO2/c1-5-2-6(7(9)10)4-8-3-5/h2,4H,1H3,(H,9,10). The minimum Gasteiger partial charge on any atom is -0.478 e. The zero-order chi connectivity index (χ0) is 7.56. The van der Waals surface area contributed by atoms with Gasteiger partial charge in [0.05, 0.1) is 11.8 Å². The molecule has 0 saturated carbocycles. The maximum Gasteiger partial charge on any atom is 0.337 e. The highest BCUT2D eigenvalue weighted by atomic mass is 16.4. The van der Waals surface area contributed by atoms with Gasteiger partial charge >= 0.3 is 5.97 Å². The highest BCUT2D eigenvalue weighted by molar-refractivity contribution is 5.87. The van der Waals surface area contributed by atoms with Crippen LogP contribution < -0.4 is 0 Å². The van der Waals surface area contributed by atoms with Crippen molar-refractivity contribution in [1.82, 2.24) is 4.98 Å². The molecule has 0 spiro atoms. The first-order valence-corrected chi connectivity index (χ1v) is 2.78. The van der Waals surface area contributed by atoms with Crippen LogP contribution in [0.15, 0.2) is 12.3 Å². The number of carbonyl (C=O) groups is 1. The van der Waals surface area contributed by atoms with E-state index in [-0.39, 0.29) is 5.56 Å². The molecule has 3 nitrogen and oxygen atoms in total. The first-order valence-electron chi connectivity index (χ1n) is 2.78. The van der Waals surface area contributed by atoms with Crippen LogP contribution in [0.2, 0.25) is 0 Å². The number of hydrogen-bond donors (Lipinski definition) is 1. The molecule has 51 valence electrons. The minimum atomic E-state index is -0.954. The van der Waals surface area contributed by atoms with Crippen molar-refractivity contribution in [2.45, 2.75) is 6.92 Å². The lowest BCUT2D eigenvalue weighted by molar-refractivity contribution is 0.0696. The Hall–Kier alpha value is -1.38. The quantitative estimate of drug-likeness (QED) is 0.623. The molecule has 1 radical (unpaired) electrons. The van der Waals surface area contributed by atoms with Gasteiger partial charge in [-0.2, -0.15) is 0 Å². The summed E-state index contributed by atoms with van der Waals surface area (Å²) in [6, 6.07) is 1.52. The summed E-state index contributed by atoms with van der Waals surface area (Å²) in [6.07, 6.45) is 3.89. The van der Waals surface area contributed by atoms with Crippen molar-refractivity contribution in [3.05, 3.63) is 29.6 Å². The Morgan fingerprint density at radius 2 is 2.50 bits per heavy atom. The van der Waals surface area contributed by atoms with E-state index in [1.54, 1.807) is 6.92 Å². The molecule has 0 bridgehead atoms. The number of carboxylic acid groups (broad SMARTS) is 1. The van der Waals surface area contributed by atoms with Crippen LogP contribution in [0.3, 0.4) is 0 Å². The Labute approximate surface area is 58.3 Å². The maximum atomic E-state index is 10.3. The van der Waals surface area contributed by atoms with E-state index in [1.807, 2.05) is 0 Å². The van der Waals surface area contributed by atoms with E-state index in [1.165, 1.54) is 12.3 Å². The van der Waals surface area contributed by atoms with Crippen molar-refractivity contribution in [2.24, 2.45) is 0 Å². The highest BCUT2D eigenvalue weighted by Gasteiger charge is 2.00. The fourth-order valence-corrected chi connectivity index (χ4v) is 0.623. The van der Waals surface area contributed by atoms with E-state index in [2.05, 4.69) is 11.2 Å². The van der Waals surface area contributed by atoms with Crippen LogP contribution in [0, 0.1) is 13.1 Å². The molecule has 0 fully saturated rings. The van der Waals surface area contributed by atoms with Crippen molar-refractivity contribution in [2.75, 3.05) is 0 Å². The maximum absolute atomic E-state index is 10.3. The van der Waals surface area contributed by atoms with Gasteiger partial charge in [-0.05, 0) is 18.6 Å². The molecule has 0 atom stereocenters. The number of rotatable bonds is 1. The summed E-state index contributed by atoms with van der Waals surface area (Å²) < 4.78 is 0. The highest BCUT2D eigenvalue weighted by Crippen LogP contribution is 1.99. The van der Waals surface area contributed by atoms with Gasteiger partial charge in [0, 0.05) is 6.20 Å². The van der Waals surface area contributed by atoms with Gasteiger partial charge in [0.1, 0.15) is 0 Å². The first kappa shape index (κ1) is 6.74. The molecule has 0 saturated heterocycles. The smallest absolute Gasteiger partial charge is 0.337 e. The summed E-state index contributed by atoms with van der Waals surface area (Å²) >= 11 is 0. The third-order valence-corrected chi connectivity index (χ3v) is 1.06. The van der Waals surface area contributed by atoms with Gasteiger partial charge in [0.25, 0.3) is 0 Å². The van der Waals surface area contributed by atoms with Gasteiger partial charge in [-0.1, -0.05) is 0 Å². The third kappa shape index (κ3) is 1.31. The molecular weight excluding hydrogens is 130 g/mol. The zero-order valence-corrected chi connectivity index (χ0v) is 5.46. The molecule has 0 aliphatic carbocycles. The molecule has 10 heavy (non-hydrogen) atoms. The van der Waals surface area contributed by atoms with E-state index >= 15 is 0 Å². The lowest BCUT2D eigenvalue weighted by atomic mass is 10.2. The van der Waals surface area contributed by atoms with E-state index in [4.69, 9.17) is 5.11 Å². The Kier molecular flexibility index (Phi) is 1.67. The van der Waals surface area contributed by atoms with E-state index in [0.717, 1.165) is 5.56 Å². The van der Waals surface area contributed by atoms with Crippen LogP contribution >= 0.6 is 0 Å². The fraction of sp³-hybridized carbons (Fsp3) is 0.143. The van der Waals surface area contributed by atoms with E-state index in [9.17, 15) is 4.79 Å². The summed E-state index contributed by atoms with van der Waals surface area (Å²) in [4.78, 5) is 13.9. The van der Waals surface area contributed by atoms with Crippen LogP contribution in [-0.4, -0.2) is 16.1 Å². The summed E-state index contributed by atoms with van der Waals surface area (Å²) in [6.45, 7) is 1.75. The van der Waals surface area contributed by atoms with Gasteiger partial charge in [0.15, 0.2) is 0 Å². The Bertz CT molecular complexity index is 258. The van der Waals surface area contributed by atoms with E-state index < -0.39 is 5.97 Å². The zero-order valence-electron chi connectivity index (χ0n) is 5.46. The minimum absolute atomic E-state index is 0.205. The van der Waals surface area contributed by atoms with Gasteiger partial charge < -0.3 is 5.11 Å². The second-order valence-electron chi connectivity index (χ2n) is 1.96. The van der Waals surface area contributed by atoms with Gasteiger partial charge in [-0.3, -0.25) is 4.98 Å². The first-order chi connectivity index (χ1) is 4.70. The molecule has 0 unspecified atom stereocenters. The van der Waals surface area contributed by atoms with Gasteiger partial charge in [-0.25, -0.2) is 4.79 Å². The summed E-state index contributed by atoms with van der Waals surface area (Å²) in [5.41, 5.74) is 0.941. The molecule has 1 rings (SSSR count). The van der Waals surface area contributed by atoms with E-state index in [0.29, 0.717) is 0 Å². The molecular formula is C7H6NO2. The molecule has 1 aromatic heterocycles. The molecule has 3 heteroatoms. The average molecular weight is 136 g/mol. The topological polar surface area (TPSA) is 50.2 Å². The van der Waals surface area contributed by atoms with Crippen LogP contribution in [-0.2, 0) is 0 Å². The van der Waals surface area contributed by atoms with Crippen LogP contribution in [0.25, 0.3) is 0 Å². The van der Waals surface area contributed by atoms with Crippen LogP contribution in [0.5, 0.6) is 0 Å². The summed E-state index contributed by atoms with van der Waals surface area (Å²) in [5, 5.41) is 8.46. The fourth-order valence-electron chi connectivity index (χ4n) is 0.623. The van der Waals surface area contributed by atoms with Crippen LogP contribution in [0.4, 0.5) is 0 Å². The average Bonchev–Trinajstić information content (AvgIpc) is 1.88. The van der Waals surface area contributed by atoms with Crippen LogP contribution in [0.1, 0.15) is 15.9 Å². The number of aromatic carboxylic acids is 1. The molecule has 0 aliphatic rings. The van der Waals surface area contributed by atoms with Crippen molar-refractivity contribution in [3.8, 4) is 0 Å². The number of nitrogens with zero attached hydrogens (tertiary/aromatic N) is 1. The summed E-state index contributed by atoms with van der Waals surface area (Å²) in [7, 11) is 0. The lowest BCUT2D eigenvalue weighted by Crippen LogP contribution is -1.96. The molecule has 0 amide bonds.